The molecule has 2 heterocycles. The molecule has 8 heteroatoms. The second kappa shape index (κ2) is 7.38. The maximum Gasteiger partial charge on any atom is 0.332 e. The number of aromatic nitrogens is 4. The van der Waals surface area contributed by atoms with Gasteiger partial charge in [0.25, 0.3) is 5.56 Å². The number of amides is 1. The third kappa shape index (κ3) is 3.44. The van der Waals surface area contributed by atoms with Crippen LogP contribution in [0.2, 0.25) is 0 Å². The molecule has 0 aliphatic rings. The standard InChI is InChI=1S/C18H21N5O3/c1-21-16-15(17(25)22(2)18(21)26)23(12-20-16)11-9-14(24)19-10-8-13-6-4-3-5-7-13/h3-7,12H,8-11H2,1-2H3,(H,19,24). The molecule has 0 saturated carbocycles. The van der Waals surface area contributed by atoms with Gasteiger partial charge in [-0.2, -0.15) is 0 Å². The first-order valence-electron chi connectivity index (χ1n) is 8.40. The van der Waals surface area contributed by atoms with Gasteiger partial charge in [0.05, 0.1) is 6.33 Å². The summed E-state index contributed by atoms with van der Waals surface area (Å²) < 4.78 is 3.99. The second-order valence-corrected chi connectivity index (χ2v) is 6.15. The number of hydrogen-bond acceptors (Lipinski definition) is 4. The summed E-state index contributed by atoms with van der Waals surface area (Å²) in [5.74, 6) is -0.0931. The van der Waals surface area contributed by atoms with Crippen LogP contribution in [0.25, 0.3) is 11.2 Å². The molecule has 136 valence electrons. The van der Waals surface area contributed by atoms with Gasteiger partial charge in [0.1, 0.15) is 0 Å². The van der Waals surface area contributed by atoms with Crippen molar-refractivity contribution in [3.05, 3.63) is 63.1 Å². The van der Waals surface area contributed by atoms with Crippen molar-refractivity contribution in [3.8, 4) is 0 Å². The molecule has 0 radical (unpaired) electrons. The zero-order valence-corrected chi connectivity index (χ0v) is 14.8. The van der Waals surface area contributed by atoms with E-state index in [1.807, 2.05) is 30.3 Å². The molecule has 2 aromatic heterocycles. The first-order chi connectivity index (χ1) is 12.5. The number of imidazole rings is 1. The van der Waals surface area contributed by atoms with Crippen molar-refractivity contribution in [2.24, 2.45) is 14.1 Å². The van der Waals surface area contributed by atoms with E-state index in [4.69, 9.17) is 0 Å². The number of carbonyl (C=O) groups is 1. The summed E-state index contributed by atoms with van der Waals surface area (Å²) in [5, 5.41) is 2.88. The first-order valence-corrected chi connectivity index (χ1v) is 8.40. The van der Waals surface area contributed by atoms with E-state index in [2.05, 4.69) is 10.3 Å². The number of nitrogens with zero attached hydrogens (tertiary/aromatic N) is 4. The molecule has 26 heavy (non-hydrogen) atoms. The Morgan fingerprint density at radius 1 is 1.12 bits per heavy atom. The van der Waals surface area contributed by atoms with Crippen LogP contribution in [0.4, 0.5) is 0 Å². The minimum Gasteiger partial charge on any atom is -0.356 e. The fraction of sp³-hybridized carbons (Fsp3) is 0.333. The number of carbonyl (C=O) groups excluding carboxylic acids is 1. The van der Waals surface area contributed by atoms with Crippen LogP contribution in [-0.4, -0.2) is 31.1 Å². The molecule has 0 bridgehead atoms. The Kier molecular flexibility index (Phi) is 5.01. The number of nitrogens with one attached hydrogen (secondary N) is 1. The van der Waals surface area contributed by atoms with Gasteiger partial charge >= 0.3 is 5.69 Å². The van der Waals surface area contributed by atoms with Crippen LogP contribution in [0.1, 0.15) is 12.0 Å². The fourth-order valence-electron chi connectivity index (χ4n) is 2.87. The van der Waals surface area contributed by atoms with Crippen molar-refractivity contribution in [1.29, 1.82) is 0 Å². The molecule has 8 nitrogen and oxygen atoms in total. The highest BCUT2D eigenvalue weighted by atomic mass is 16.2. The minimum atomic E-state index is -0.425. The molecule has 1 amide bonds. The SMILES string of the molecule is Cn1c(=O)c2c(ncn2CCC(=O)NCCc2ccccc2)n(C)c1=O. The van der Waals surface area contributed by atoms with Crippen LogP contribution in [0.5, 0.6) is 0 Å². The highest BCUT2D eigenvalue weighted by Crippen LogP contribution is 2.06. The largest absolute Gasteiger partial charge is 0.356 e. The number of hydrogen-bond donors (Lipinski definition) is 1. The third-order valence-electron chi connectivity index (χ3n) is 4.38. The predicted molar refractivity (Wildman–Crippen MR) is 98.0 cm³/mol. The zero-order chi connectivity index (χ0) is 18.7. The van der Waals surface area contributed by atoms with Gasteiger partial charge in [-0.05, 0) is 12.0 Å². The molecule has 0 unspecified atom stereocenters. The molecule has 1 aromatic carbocycles. The Hall–Kier alpha value is -3.16. The molecule has 3 aromatic rings. The molecular weight excluding hydrogens is 334 g/mol. The van der Waals surface area contributed by atoms with Crippen molar-refractivity contribution < 1.29 is 4.79 Å². The van der Waals surface area contributed by atoms with Crippen molar-refractivity contribution in [2.45, 2.75) is 19.4 Å². The van der Waals surface area contributed by atoms with Gasteiger partial charge in [0, 0.05) is 33.6 Å². The maximum atomic E-state index is 12.3. The molecule has 1 N–H and O–H groups in total. The van der Waals surface area contributed by atoms with Crippen LogP contribution in [0.3, 0.4) is 0 Å². The lowest BCUT2D eigenvalue weighted by Crippen LogP contribution is -2.37. The average Bonchev–Trinajstić information content (AvgIpc) is 3.08. The first kappa shape index (κ1) is 17.7. The van der Waals surface area contributed by atoms with Crippen LogP contribution in [-0.2, 0) is 31.9 Å². The summed E-state index contributed by atoms with van der Waals surface area (Å²) in [4.78, 5) is 40.5. The summed E-state index contributed by atoms with van der Waals surface area (Å²) in [6.07, 6.45) is 2.48. The van der Waals surface area contributed by atoms with Crippen molar-refractivity contribution in [3.63, 3.8) is 0 Å². The van der Waals surface area contributed by atoms with Crippen molar-refractivity contribution in [2.75, 3.05) is 6.54 Å². The van der Waals surface area contributed by atoms with E-state index in [1.165, 1.54) is 17.9 Å². The number of rotatable bonds is 6. The fourth-order valence-corrected chi connectivity index (χ4v) is 2.87. The summed E-state index contributed by atoms with van der Waals surface area (Å²) in [6.45, 7) is 0.880. The molecule has 0 fully saturated rings. The Balaban J connectivity index is 1.64. The Bertz CT molecular complexity index is 1050. The van der Waals surface area contributed by atoms with Crippen molar-refractivity contribution >= 4 is 17.1 Å². The molecule has 0 aliphatic heterocycles. The monoisotopic (exact) mass is 355 g/mol. The Morgan fingerprint density at radius 2 is 1.85 bits per heavy atom. The second-order valence-electron chi connectivity index (χ2n) is 6.15. The Labute approximate surface area is 149 Å². The molecular formula is C18H21N5O3. The lowest BCUT2D eigenvalue weighted by molar-refractivity contribution is -0.121. The molecule has 0 aliphatic carbocycles. The Morgan fingerprint density at radius 3 is 2.58 bits per heavy atom. The van der Waals surface area contributed by atoms with E-state index in [0.29, 0.717) is 24.3 Å². The average molecular weight is 355 g/mol. The van der Waals surface area contributed by atoms with E-state index < -0.39 is 11.2 Å². The quantitative estimate of drug-likeness (QED) is 0.683. The smallest absolute Gasteiger partial charge is 0.332 e. The normalized spacial score (nSPS) is 11.0. The molecule has 0 saturated heterocycles. The zero-order valence-electron chi connectivity index (χ0n) is 14.8. The van der Waals surface area contributed by atoms with Gasteiger partial charge < -0.3 is 9.88 Å². The minimum absolute atomic E-state index is 0.0931. The van der Waals surface area contributed by atoms with Gasteiger partial charge in [-0.15, -0.1) is 0 Å². The van der Waals surface area contributed by atoms with Gasteiger partial charge in [-0.1, -0.05) is 30.3 Å². The van der Waals surface area contributed by atoms with Crippen LogP contribution in [0.15, 0.2) is 46.2 Å². The third-order valence-corrected chi connectivity index (χ3v) is 4.38. The van der Waals surface area contributed by atoms with Gasteiger partial charge in [-0.25, -0.2) is 9.78 Å². The van der Waals surface area contributed by atoms with E-state index in [1.54, 1.807) is 11.6 Å². The van der Waals surface area contributed by atoms with E-state index >= 15 is 0 Å². The van der Waals surface area contributed by atoms with Crippen LogP contribution < -0.4 is 16.6 Å². The molecule has 3 rings (SSSR count). The van der Waals surface area contributed by atoms with Crippen molar-refractivity contribution in [1.82, 2.24) is 24.0 Å². The number of aryl methyl sites for hydroxylation is 2. The summed E-state index contributed by atoms with van der Waals surface area (Å²) in [5.41, 5.74) is 0.976. The van der Waals surface area contributed by atoms with E-state index in [0.717, 1.165) is 16.6 Å². The van der Waals surface area contributed by atoms with Crippen LogP contribution >= 0.6 is 0 Å². The number of benzene rings is 1. The lowest BCUT2D eigenvalue weighted by Gasteiger charge is -2.08. The summed E-state index contributed by atoms with van der Waals surface area (Å²) in [7, 11) is 3.00. The topological polar surface area (TPSA) is 90.9 Å². The van der Waals surface area contributed by atoms with E-state index in [-0.39, 0.29) is 12.3 Å². The van der Waals surface area contributed by atoms with E-state index in [9.17, 15) is 14.4 Å². The lowest BCUT2D eigenvalue weighted by atomic mass is 10.1. The van der Waals surface area contributed by atoms with Gasteiger partial charge in [0.2, 0.25) is 5.91 Å². The highest BCUT2D eigenvalue weighted by molar-refractivity contribution is 5.76. The molecule has 0 atom stereocenters. The highest BCUT2D eigenvalue weighted by Gasteiger charge is 2.14. The number of fused-ring (bicyclic) bond motifs is 1. The van der Waals surface area contributed by atoms with Gasteiger partial charge in [-0.3, -0.25) is 18.7 Å². The maximum absolute atomic E-state index is 12.3. The summed E-state index contributed by atoms with van der Waals surface area (Å²) >= 11 is 0. The predicted octanol–water partition coefficient (Wildman–Crippen LogP) is 0.183. The van der Waals surface area contributed by atoms with Gasteiger partial charge in [0.15, 0.2) is 11.2 Å². The summed E-state index contributed by atoms with van der Waals surface area (Å²) in [6, 6.07) is 9.93. The van der Waals surface area contributed by atoms with Crippen LogP contribution in [0, 0.1) is 0 Å². The molecule has 0 spiro atoms.